The molecule has 0 fully saturated rings. The fraction of sp³-hybridized carbons (Fsp3) is 0.154. The summed E-state index contributed by atoms with van der Waals surface area (Å²) in [5.41, 5.74) is 8.03. The molecule has 0 saturated carbocycles. The largest absolute Gasteiger partial charge is 0.464 e. The molecule has 1 aromatic carbocycles. The van der Waals surface area contributed by atoms with Gasteiger partial charge in [0, 0.05) is 29.2 Å². The lowest BCUT2D eigenvalue weighted by molar-refractivity contribution is -0.115. The highest BCUT2D eigenvalue weighted by molar-refractivity contribution is 7.99. The summed E-state index contributed by atoms with van der Waals surface area (Å²) in [4.78, 5) is 24.9. The van der Waals surface area contributed by atoms with Crippen LogP contribution in [0.1, 0.15) is 28.9 Å². The molecule has 4 aromatic rings. The number of pyridine rings is 1. The Labute approximate surface area is 234 Å². The third kappa shape index (κ3) is 6.37. The van der Waals surface area contributed by atoms with Gasteiger partial charge in [0.2, 0.25) is 11.9 Å². The van der Waals surface area contributed by atoms with Crippen molar-refractivity contribution in [1.29, 1.82) is 10.5 Å². The van der Waals surface area contributed by atoms with Crippen LogP contribution in [0.15, 0.2) is 63.1 Å². The van der Waals surface area contributed by atoms with E-state index in [0.29, 0.717) is 22.8 Å². The molecule has 12 nitrogen and oxygen atoms in total. The highest BCUT2D eigenvalue weighted by Gasteiger charge is 2.22. The zero-order valence-electron chi connectivity index (χ0n) is 21.3. The van der Waals surface area contributed by atoms with Gasteiger partial charge in [-0.1, -0.05) is 0 Å². The number of hydrogen-bond acceptors (Lipinski definition) is 11. The number of thioether (sulfide) groups is 1. The smallest absolute Gasteiger partial charge is 0.264 e. The van der Waals surface area contributed by atoms with Gasteiger partial charge in [-0.25, -0.2) is 28.1 Å². The Morgan fingerprint density at radius 3 is 2.33 bits per heavy atom. The third-order valence-electron chi connectivity index (χ3n) is 5.41. The predicted octanol–water partition coefficient (Wildman–Crippen LogP) is 4.00. The molecule has 1 amide bonds. The first kappa shape index (κ1) is 28.1. The summed E-state index contributed by atoms with van der Waals surface area (Å²) in [5, 5.41) is 22.3. The molecule has 40 heavy (non-hydrogen) atoms. The van der Waals surface area contributed by atoms with Crippen molar-refractivity contribution >= 4 is 45.1 Å². The molecule has 0 aliphatic heterocycles. The number of furan rings is 1. The SMILES string of the molecule is Cc1cc(C)nc(NS(=O)(=O)c2ccc(NC(=O)CCSc3nc(N)c(C#N)c(-c4ccco4)c3C#N)cc2)n1. The first-order valence-electron chi connectivity index (χ1n) is 11.7. The van der Waals surface area contributed by atoms with Crippen LogP contribution in [0, 0.1) is 36.5 Å². The molecule has 0 atom stereocenters. The van der Waals surface area contributed by atoms with Gasteiger partial charge < -0.3 is 15.5 Å². The van der Waals surface area contributed by atoms with Crippen LogP contribution in [0.5, 0.6) is 0 Å². The number of rotatable bonds is 9. The highest BCUT2D eigenvalue weighted by Crippen LogP contribution is 2.36. The molecule has 0 unspecified atom stereocenters. The van der Waals surface area contributed by atoms with E-state index >= 15 is 0 Å². The van der Waals surface area contributed by atoms with Gasteiger partial charge in [0.15, 0.2) is 0 Å². The number of carbonyl (C=O) groups is 1. The van der Waals surface area contributed by atoms with Crippen molar-refractivity contribution in [3.05, 3.63) is 71.2 Å². The molecule has 4 rings (SSSR count). The lowest BCUT2D eigenvalue weighted by atomic mass is 10.0. The molecule has 0 bridgehead atoms. The standard InChI is InChI=1S/C26H22N8O4S2/c1-15-12-16(2)31-26(30-15)34-40(36,37)18-7-5-17(6-8-18)32-22(35)9-11-39-25-20(14-28)23(21-4-3-10-38-21)19(13-27)24(29)33-25/h3-8,10,12H,9,11H2,1-2H3,(H2,29,33)(H,32,35)(H,30,31,34). The van der Waals surface area contributed by atoms with Gasteiger partial charge in [-0.3, -0.25) is 4.79 Å². The molecule has 0 aliphatic rings. The van der Waals surface area contributed by atoms with E-state index < -0.39 is 10.0 Å². The number of nitrogens with one attached hydrogen (secondary N) is 2. The molecule has 0 saturated heterocycles. The fourth-order valence-corrected chi connectivity index (χ4v) is 5.58. The van der Waals surface area contributed by atoms with E-state index in [1.165, 1.54) is 30.5 Å². The second-order valence-corrected chi connectivity index (χ2v) is 11.1. The third-order valence-corrected chi connectivity index (χ3v) is 7.73. The van der Waals surface area contributed by atoms with Crippen LogP contribution in [-0.4, -0.2) is 35.0 Å². The Balaban J connectivity index is 1.39. The number of nitrogens with two attached hydrogens (primary N) is 1. The number of carbonyl (C=O) groups excluding carboxylic acids is 1. The van der Waals surface area contributed by atoms with Gasteiger partial charge in [-0.05, 0) is 56.3 Å². The zero-order chi connectivity index (χ0) is 28.9. The van der Waals surface area contributed by atoms with Crippen LogP contribution < -0.4 is 15.8 Å². The summed E-state index contributed by atoms with van der Waals surface area (Å²) in [7, 11) is -3.93. The monoisotopic (exact) mass is 574 g/mol. The molecular weight excluding hydrogens is 552 g/mol. The number of benzene rings is 1. The quantitative estimate of drug-likeness (QED) is 0.244. The predicted molar refractivity (Wildman–Crippen MR) is 149 cm³/mol. The summed E-state index contributed by atoms with van der Waals surface area (Å²) >= 11 is 1.14. The second kappa shape index (κ2) is 11.9. The lowest BCUT2D eigenvalue weighted by Gasteiger charge is -2.11. The van der Waals surface area contributed by atoms with Crippen molar-refractivity contribution in [2.75, 3.05) is 21.5 Å². The zero-order valence-corrected chi connectivity index (χ0v) is 22.9. The number of sulfonamides is 1. The summed E-state index contributed by atoms with van der Waals surface area (Å²) in [5.74, 6) is 0.151. The molecule has 14 heteroatoms. The maximum absolute atomic E-state index is 12.7. The summed E-state index contributed by atoms with van der Waals surface area (Å²) in [6.45, 7) is 3.47. The Morgan fingerprint density at radius 1 is 1.05 bits per heavy atom. The molecule has 0 spiro atoms. The Hall–Kier alpha value is -4.92. The van der Waals surface area contributed by atoms with Gasteiger partial charge in [-0.2, -0.15) is 10.5 Å². The van der Waals surface area contributed by atoms with E-state index in [1.807, 2.05) is 6.07 Å². The van der Waals surface area contributed by atoms with Crippen molar-refractivity contribution in [3.8, 4) is 23.5 Å². The highest BCUT2D eigenvalue weighted by atomic mass is 32.2. The number of hydrogen-bond donors (Lipinski definition) is 3. The normalized spacial score (nSPS) is 10.9. The average Bonchev–Trinajstić information content (AvgIpc) is 3.42. The van der Waals surface area contributed by atoms with Crippen molar-refractivity contribution in [3.63, 3.8) is 0 Å². The topological polar surface area (TPSA) is 201 Å². The Morgan fingerprint density at radius 2 is 1.73 bits per heavy atom. The number of anilines is 3. The van der Waals surface area contributed by atoms with Crippen LogP contribution >= 0.6 is 11.8 Å². The van der Waals surface area contributed by atoms with E-state index in [4.69, 9.17) is 10.2 Å². The molecule has 0 radical (unpaired) electrons. The minimum Gasteiger partial charge on any atom is -0.464 e. The second-order valence-electron chi connectivity index (χ2n) is 8.38. The Bertz CT molecular complexity index is 1740. The number of amides is 1. The summed E-state index contributed by atoms with van der Waals surface area (Å²) in [6.07, 6.45) is 1.47. The minimum absolute atomic E-state index is 0.0234. The van der Waals surface area contributed by atoms with Crippen molar-refractivity contribution in [1.82, 2.24) is 15.0 Å². The van der Waals surface area contributed by atoms with Gasteiger partial charge in [0.25, 0.3) is 10.0 Å². The lowest BCUT2D eigenvalue weighted by Crippen LogP contribution is -2.16. The maximum Gasteiger partial charge on any atom is 0.264 e. The summed E-state index contributed by atoms with van der Waals surface area (Å²) < 4.78 is 33.2. The number of aromatic nitrogens is 3. The van der Waals surface area contributed by atoms with E-state index in [2.05, 4.69) is 31.1 Å². The first-order chi connectivity index (χ1) is 19.1. The maximum atomic E-state index is 12.7. The van der Waals surface area contributed by atoms with Crippen LogP contribution in [0.4, 0.5) is 17.5 Å². The van der Waals surface area contributed by atoms with Gasteiger partial charge in [-0.15, -0.1) is 11.8 Å². The molecular formula is C26H22N8O4S2. The number of nitrogen functional groups attached to an aromatic ring is 1. The van der Waals surface area contributed by atoms with E-state index in [0.717, 1.165) is 11.8 Å². The van der Waals surface area contributed by atoms with Gasteiger partial charge >= 0.3 is 0 Å². The average molecular weight is 575 g/mol. The molecule has 3 aromatic heterocycles. The molecule has 4 N–H and O–H groups in total. The molecule has 3 heterocycles. The van der Waals surface area contributed by atoms with Gasteiger partial charge in [0.05, 0.1) is 22.3 Å². The van der Waals surface area contributed by atoms with Gasteiger partial charge in [0.1, 0.15) is 34.3 Å². The van der Waals surface area contributed by atoms with Crippen molar-refractivity contribution in [2.45, 2.75) is 30.2 Å². The molecule has 202 valence electrons. The van der Waals surface area contributed by atoms with Crippen LogP contribution in [0.3, 0.4) is 0 Å². The number of nitrogens with zero attached hydrogens (tertiary/aromatic N) is 5. The summed E-state index contributed by atoms with van der Waals surface area (Å²) in [6, 6.07) is 14.6. The number of nitriles is 2. The van der Waals surface area contributed by atoms with E-state index in [-0.39, 0.29) is 56.5 Å². The van der Waals surface area contributed by atoms with Crippen molar-refractivity contribution in [2.24, 2.45) is 0 Å². The van der Waals surface area contributed by atoms with Crippen LogP contribution in [0.2, 0.25) is 0 Å². The van der Waals surface area contributed by atoms with E-state index in [1.54, 1.807) is 32.0 Å². The fourth-order valence-electron chi connectivity index (χ4n) is 3.70. The minimum atomic E-state index is -3.93. The number of aryl methyl sites for hydroxylation is 2. The first-order valence-corrected chi connectivity index (χ1v) is 14.1. The van der Waals surface area contributed by atoms with Crippen LogP contribution in [-0.2, 0) is 14.8 Å². The van der Waals surface area contributed by atoms with Crippen LogP contribution in [0.25, 0.3) is 11.3 Å². The van der Waals surface area contributed by atoms with Crippen molar-refractivity contribution < 1.29 is 17.6 Å². The molecule has 0 aliphatic carbocycles. The Kier molecular flexibility index (Phi) is 8.33. The van der Waals surface area contributed by atoms with E-state index in [9.17, 15) is 23.7 Å².